The van der Waals surface area contributed by atoms with Gasteiger partial charge in [0.25, 0.3) is 5.91 Å². The fourth-order valence-electron chi connectivity index (χ4n) is 2.69. The van der Waals surface area contributed by atoms with E-state index < -0.39 is 0 Å². The molecule has 2 aromatic heterocycles. The Morgan fingerprint density at radius 1 is 1.17 bits per heavy atom. The number of amides is 1. The smallest absolute Gasteiger partial charge is 0.264 e. The van der Waals surface area contributed by atoms with Crippen molar-refractivity contribution in [2.24, 2.45) is 0 Å². The Hall–Kier alpha value is -1.73. The maximum Gasteiger partial charge on any atom is 0.264 e. The van der Waals surface area contributed by atoms with Crippen molar-refractivity contribution in [1.82, 2.24) is 14.9 Å². The van der Waals surface area contributed by atoms with Crippen LogP contribution in [-0.4, -0.2) is 48.1 Å². The van der Waals surface area contributed by atoms with Crippen molar-refractivity contribution in [3.8, 4) is 5.88 Å². The zero-order valence-corrected chi connectivity index (χ0v) is 15.8. The third-order valence-corrected chi connectivity index (χ3v) is 4.91. The summed E-state index contributed by atoms with van der Waals surface area (Å²) in [5.41, 5.74) is 0.887. The molecule has 0 spiro atoms. The average molecular weight is 351 g/mol. The van der Waals surface area contributed by atoms with Crippen LogP contribution in [0.15, 0.2) is 0 Å². The van der Waals surface area contributed by atoms with E-state index >= 15 is 0 Å². The van der Waals surface area contributed by atoms with Gasteiger partial charge in [-0.1, -0.05) is 13.8 Å². The fourth-order valence-corrected chi connectivity index (χ4v) is 3.85. The molecule has 2 aromatic rings. The van der Waals surface area contributed by atoms with E-state index in [1.54, 1.807) is 14.2 Å². The topological polar surface area (TPSA) is 64.6 Å². The molecular weight excluding hydrogens is 326 g/mol. The standard InChI is InChI=1S/C17H25N3O3S/c1-6-8-20(9-7-2)17(21)14-11(3)13-15(23-5)18-12(10-22-4)19-16(13)24-14/h6-10H2,1-5H3. The number of carbonyl (C=O) groups is 1. The van der Waals surface area contributed by atoms with Gasteiger partial charge in [-0.2, -0.15) is 4.98 Å². The molecule has 132 valence electrons. The number of hydrogen-bond acceptors (Lipinski definition) is 6. The molecule has 0 saturated carbocycles. The first-order valence-electron chi connectivity index (χ1n) is 8.19. The van der Waals surface area contributed by atoms with Crippen LogP contribution < -0.4 is 4.74 Å². The minimum atomic E-state index is 0.0644. The summed E-state index contributed by atoms with van der Waals surface area (Å²) in [6.07, 6.45) is 1.88. The molecule has 24 heavy (non-hydrogen) atoms. The van der Waals surface area contributed by atoms with Crippen molar-refractivity contribution in [1.29, 1.82) is 0 Å². The van der Waals surface area contributed by atoms with Gasteiger partial charge in [0, 0.05) is 20.2 Å². The Kier molecular flexibility index (Phi) is 6.51. The number of nitrogens with zero attached hydrogens (tertiary/aromatic N) is 3. The zero-order valence-electron chi connectivity index (χ0n) is 15.0. The van der Waals surface area contributed by atoms with Gasteiger partial charge in [0.2, 0.25) is 5.88 Å². The molecule has 2 rings (SSSR count). The number of rotatable bonds is 8. The summed E-state index contributed by atoms with van der Waals surface area (Å²) in [6, 6.07) is 0. The van der Waals surface area contributed by atoms with Crippen molar-refractivity contribution < 1.29 is 14.3 Å². The van der Waals surface area contributed by atoms with Gasteiger partial charge in [0.1, 0.15) is 11.4 Å². The van der Waals surface area contributed by atoms with Crippen molar-refractivity contribution in [2.75, 3.05) is 27.3 Å². The van der Waals surface area contributed by atoms with Crippen LogP contribution in [0.1, 0.15) is 47.7 Å². The van der Waals surface area contributed by atoms with Crippen LogP contribution in [-0.2, 0) is 11.3 Å². The van der Waals surface area contributed by atoms with E-state index in [-0.39, 0.29) is 5.91 Å². The van der Waals surface area contributed by atoms with Crippen molar-refractivity contribution in [3.63, 3.8) is 0 Å². The molecule has 0 radical (unpaired) electrons. The van der Waals surface area contributed by atoms with E-state index in [9.17, 15) is 4.79 Å². The number of hydrogen-bond donors (Lipinski definition) is 0. The average Bonchev–Trinajstić information content (AvgIpc) is 2.90. The Morgan fingerprint density at radius 3 is 2.38 bits per heavy atom. The van der Waals surface area contributed by atoms with Crippen LogP contribution in [0.2, 0.25) is 0 Å². The highest BCUT2D eigenvalue weighted by molar-refractivity contribution is 7.20. The van der Waals surface area contributed by atoms with Gasteiger partial charge in [-0.15, -0.1) is 11.3 Å². The number of ether oxygens (including phenoxy) is 2. The van der Waals surface area contributed by atoms with Gasteiger partial charge >= 0.3 is 0 Å². The number of aromatic nitrogens is 2. The maximum absolute atomic E-state index is 12.9. The molecule has 0 saturated heterocycles. The second-order valence-electron chi connectivity index (χ2n) is 5.61. The normalized spacial score (nSPS) is 11.0. The van der Waals surface area contributed by atoms with Gasteiger partial charge in [-0.25, -0.2) is 4.98 Å². The largest absolute Gasteiger partial charge is 0.480 e. The Bertz CT molecular complexity index is 709. The van der Waals surface area contributed by atoms with Crippen molar-refractivity contribution >= 4 is 27.5 Å². The first-order chi connectivity index (χ1) is 11.6. The number of fused-ring (bicyclic) bond motifs is 1. The zero-order chi connectivity index (χ0) is 17.7. The number of aryl methyl sites for hydroxylation is 1. The number of carbonyl (C=O) groups excluding carboxylic acids is 1. The highest BCUT2D eigenvalue weighted by Crippen LogP contribution is 2.35. The molecule has 0 aliphatic carbocycles. The minimum Gasteiger partial charge on any atom is -0.480 e. The van der Waals surface area contributed by atoms with Gasteiger partial charge < -0.3 is 14.4 Å². The van der Waals surface area contributed by atoms with Gasteiger partial charge in [0.15, 0.2) is 5.82 Å². The second-order valence-corrected chi connectivity index (χ2v) is 6.61. The van der Waals surface area contributed by atoms with Gasteiger partial charge in [-0.3, -0.25) is 4.79 Å². The van der Waals surface area contributed by atoms with Crippen LogP contribution in [0, 0.1) is 6.92 Å². The molecule has 0 aromatic carbocycles. The summed E-state index contributed by atoms with van der Waals surface area (Å²) in [4.78, 5) is 25.2. The van der Waals surface area contributed by atoms with E-state index in [1.165, 1.54) is 11.3 Å². The Balaban J connectivity index is 2.51. The Labute approximate surface area is 146 Å². The summed E-state index contributed by atoms with van der Waals surface area (Å²) < 4.78 is 10.5. The molecule has 0 bridgehead atoms. The SMILES string of the molecule is CCCN(CCC)C(=O)c1sc2nc(COC)nc(OC)c2c1C. The van der Waals surface area contributed by atoms with Crippen LogP contribution in [0.3, 0.4) is 0 Å². The summed E-state index contributed by atoms with van der Waals surface area (Å²) in [5, 5.41) is 0.818. The molecule has 0 N–H and O–H groups in total. The summed E-state index contributed by atoms with van der Waals surface area (Å²) >= 11 is 1.40. The van der Waals surface area contributed by atoms with Crippen LogP contribution in [0.25, 0.3) is 10.2 Å². The van der Waals surface area contributed by atoms with E-state index in [0.29, 0.717) is 23.2 Å². The molecule has 7 heteroatoms. The lowest BCUT2D eigenvalue weighted by Gasteiger charge is -2.21. The Morgan fingerprint density at radius 2 is 1.83 bits per heavy atom. The minimum absolute atomic E-state index is 0.0644. The van der Waals surface area contributed by atoms with Gasteiger partial charge in [-0.05, 0) is 25.3 Å². The lowest BCUT2D eigenvalue weighted by atomic mass is 10.2. The summed E-state index contributed by atoms with van der Waals surface area (Å²) in [6.45, 7) is 7.93. The van der Waals surface area contributed by atoms with Crippen LogP contribution >= 0.6 is 11.3 Å². The number of thiophene rings is 1. The van der Waals surface area contributed by atoms with Crippen molar-refractivity contribution in [2.45, 2.75) is 40.2 Å². The molecule has 1 amide bonds. The highest BCUT2D eigenvalue weighted by atomic mass is 32.1. The first kappa shape index (κ1) is 18.6. The van der Waals surface area contributed by atoms with E-state index in [1.807, 2.05) is 11.8 Å². The molecule has 0 unspecified atom stereocenters. The third kappa shape index (κ3) is 3.67. The van der Waals surface area contributed by atoms with E-state index in [4.69, 9.17) is 9.47 Å². The summed E-state index contributed by atoms with van der Waals surface area (Å²) in [5.74, 6) is 1.12. The third-order valence-electron chi connectivity index (χ3n) is 3.74. The monoisotopic (exact) mass is 351 g/mol. The van der Waals surface area contributed by atoms with Crippen LogP contribution in [0.4, 0.5) is 0 Å². The lowest BCUT2D eigenvalue weighted by molar-refractivity contribution is 0.0760. The molecular formula is C17H25N3O3S. The summed E-state index contributed by atoms with van der Waals surface area (Å²) in [7, 11) is 3.18. The molecule has 2 heterocycles. The molecule has 0 atom stereocenters. The molecule has 0 aliphatic rings. The van der Waals surface area contributed by atoms with Crippen molar-refractivity contribution in [3.05, 3.63) is 16.3 Å². The highest BCUT2D eigenvalue weighted by Gasteiger charge is 2.24. The predicted molar refractivity (Wildman–Crippen MR) is 95.9 cm³/mol. The second kappa shape index (κ2) is 8.39. The van der Waals surface area contributed by atoms with Gasteiger partial charge in [0.05, 0.1) is 17.4 Å². The quantitative estimate of drug-likeness (QED) is 0.729. The van der Waals surface area contributed by atoms with E-state index in [2.05, 4.69) is 23.8 Å². The maximum atomic E-state index is 12.9. The fraction of sp³-hybridized carbons (Fsp3) is 0.588. The van der Waals surface area contributed by atoms with E-state index in [0.717, 1.165) is 41.7 Å². The predicted octanol–water partition coefficient (Wildman–Crippen LogP) is 3.42. The first-order valence-corrected chi connectivity index (χ1v) is 9.01. The van der Waals surface area contributed by atoms with Crippen LogP contribution in [0.5, 0.6) is 5.88 Å². The lowest BCUT2D eigenvalue weighted by Crippen LogP contribution is -2.32. The molecule has 0 aliphatic heterocycles. The molecule has 6 nitrogen and oxygen atoms in total. The molecule has 0 fully saturated rings. The number of methoxy groups -OCH3 is 2.